The van der Waals surface area contributed by atoms with Gasteiger partial charge < -0.3 is 5.32 Å². The molecule has 0 amide bonds. The first-order valence-electron chi connectivity index (χ1n) is 6.58. The van der Waals surface area contributed by atoms with Crippen LogP contribution in [0.25, 0.3) is 0 Å². The van der Waals surface area contributed by atoms with Gasteiger partial charge in [0.05, 0.1) is 15.8 Å². The Morgan fingerprint density at radius 3 is 2.40 bits per heavy atom. The summed E-state index contributed by atoms with van der Waals surface area (Å²) in [6.45, 7) is 3.09. The molecule has 7 heteroatoms. The van der Waals surface area contributed by atoms with Crippen LogP contribution in [0, 0.1) is 11.8 Å². The van der Waals surface area contributed by atoms with Gasteiger partial charge >= 0.3 is 0 Å². The fourth-order valence-corrected chi connectivity index (χ4v) is 4.91. The normalized spacial score (nSPS) is 26.9. The summed E-state index contributed by atoms with van der Waals surface area (Å²) in [5, 5.41) is 4.14. The summed E-state index contributed by atoms with van der Waals surface area (Å²) in [6, 6.07) is 4.97. The van der Waals surface area contributed by atoms with Crippen molar-refractivity contribution in [3.63, 3.8) is 0 Å². The molecule has 0 aliphatic carbocycles. The highest BCUT2D eigenvalue weighted by atomic mass is 35.5. The maximum Gasteiger partial charge on any atom is 0.218 e. The van der Waals surface area contributed by atoms with Crippen LogP contribution in [0.5, 0.6) is 0 Å². The van der Waals surface area contributed by atoms with Gasteiger partial charge in [0.1, 0.15) is 0 Å². The van der Waals surface area contributed by atoms with Crippen LogP contribution in [-0.4, -0.2) is 38.9 Å². The second kappa shape index (κ2) is 5.46. The lowest BCUT2D eigenvalue weighted by Gasteiger charge is -2.17. The molecule has 0 spiro atoms. The summed E-state index contributed by atoms with van der Waals surface area (Å²) in [6.07, 6.45) is 0. The van der Waals surface area contributed by atoms with E-state index in [2.05, 4.69) is 5.32 Å². The van der Waals surface area contributed by atoms with Gasteiger partial charge in [0.15, 0.2) is 0 Å². The number of hydrogen-bond donors (Lipinski definition) is 1. The van der Waals surface area contributed by atoms with Crippen LogP contribution < -0.4 is 5.32 Å². The van der Waals surface area contributed by atoms with E-state index < -0.39 is 10.0 Å². The Bertz CT molecular complexity index is 609. The molecule has 2 atom stereocenters. The fraction of sp³-hybridized carbons (Fsp3) is 0.538. The Balaban J connectivity index is 1.74. The van der Waals surface area contributed by atoms with Crippen molar-refractivity contribution in [2.75, 3.05) is 26.2 Å². The summed E-state index contributed by atoms with van der Waals surface area (Å²) in [5.74, 6) is 0.897. The molecule has 0 unspecified atom stereocenters. The van der Waals surface area contributed by atoms with E-state index in [1.54, 1.807) is 22.5 Å². The maximum atomic E-state index is 12.5. The van der Waals surface area contributed by atoms with Crippen molar-refractivity contribution in [1.82, 2.24) is 9.62 Å². The van der Waals surface area contributed by atoms with Gasteiger partial charge in [-0.3, -0.25) is 0 Å². The van der Waals surface area contributed by atoms with Crippen LogP contribution in [0.1, 0.15) is 5.56 Å². The van der Waals surface area contributed by atoms with Crippen molar-refractivity contribution in [1.29, 1.82) is 0 Å². The van der Waals surface area contributed by atoms with Crippen molar-refractivity contribution >= 4 is 33.2 Å². The molecule has 2 saturated heterocycles. The average molecular weight is 335 g/mol. The third-order valence-electron chi connectivity index (χ3n) is 4.08. The first-order valence-corrected chi connectivity index (χ1v) is 8.95. The van der Waals surface area contributed by atoms with Gasteiger partial charge in [0.2, 0.25) is 10.0 Å². The summed E-state index contributed by atoms with van der Waals surface area (Å²) in [7, 11) is -3.28. The lowest BCUT2D eigenvalue weighted by atomic mass is 10.0. The van der Waals surface area contributed by atoms with Gasteiger partial charge in [-0.25, -0.2) is 12.7 Å². The molecule has 2 fully saturated rings. The summed E-state index contributed by atoms with van der Waals surface area (Å²) < 4.78 is 26.5. The molecule has 0 aromatic heterocycles. The van der Waals surface area contributed by atoms with E-state index in [0.29, 0.717) is 40.5 Å². The minimum atomic E-state index is -3.28. The highest BCUT2D eigenvalue weighted by Gasteiger charge is 2.40. The van der Waals surface area contributed by atoms with E-state index in [0.717, 1.165) is 13.1 Å². The molecule has 2 heterocycles. The monoisotopic (exact) mass is 334 g/mol. The minimum Gasteiger partial charge on any atom is -0.316 e. The Hall–Kier alpha value is -0.330. The van der Waals surface area contributed by atoms with Crippen molar-refractivity contribution in [3.05, 3.63) is 33.8 Å². The van der Waals surface area contributed by atoms with Crippen molar-refractivity contribution in [2.24, 2.45) is 11.8 Å². The molecule has 3 rings (SSSR count). The van der Waals surface area contributed by atoms with Gasteiger partial charge in [-0.05, 0) is 42.6 Å². The van der Waals surface area contributed by atoms with Gasteiger partial charge in [-0.2, -0.15) is 0 Å². The second-order valence-electron chi connectivity index (χ2n) is 5.50. The lowest BCUT2D eigenvalue weighted by Crippen LogP contribution is -2.32. The molecule has 4 nitrogen and oxygen atoms in total. The van der Waals surface area contributed by atoms with Gasteiger partial charge in [-0.15, -0.1) is 0 Å². The Morgan fingerprint density at radius 2 is 1.80 bits per heavy atom. The second-order valence-corrected chi connectivity index (χ2v) is 8.28. The summed E-state index contributed by atoms with van der Waals surface area (Å²) >= 11 is 11.8. The number of rotatable bonds is 3. The third kappa shape index (κ3) is 2.83. The van der Waals surface area contributed by atoms with E-state index in [4.69, 9.17) is 23.2 Å². The number of benzene rings is 1. The number of fused-ring (bicyclic) bond motifs is 1. The van der Waals surface area contributed by atoms with E-state index in [-0.39, 0.29) is 5.75 Å². The van der Waals surface area contributed by atoms with Crippen LogP contribution in [0.3, 0.4) is 0 Å². The average Bonchev–Trinajstić information content (AvgIpc) is 2.94. The van der Waals surface area contributed by atoms with Gasteiger partial charge in [0, 0.05) is 13.1 Å². The highest BCUT2D eigenvalue weighted by Crippen LogP contribution is 2.30. The van der Waals surface area contributed by atoms with Crippen LogP contribution in [0.4, 0.5) is 0 Å². The van der Waals surface area contributed by atoms with Crippen molar-refractivity contribution in [2.45, 2.75) is 5.75 Å². The topological polar surface area (TPSA) is 49.4 Å². The van der Waals surface area contributed by atoms with E-state index in [9.17, 15) is 8.42 Å². The zero-order chi connectivity index (χ0) is 14.3. The Labute approximate surface area is 129 Å². The lowest BCUT2D eigenvalue weighted by molar-refractivity contribution is 0.447. The van der Waals surface area contributed by atoms with E-state index in [1.165, 1.54) is 0 Å². The largest absolute Gasteiger partial charge is 0.316 e. The SMILES string of the molecule is O=S(=O)(Cc1ccc(Cl)c(Cl)c1)N1C[C@H]2CNC[C@H]2C1. The predicted molar refractivity (Wildman–Crippen MR) is 80.5 cm³/mol. The van der Waals surface area contributed by atoms with Crippen LogP contribution >= 0.6 is 23.2 Å². The number of halogens is 2. The standard InChI is InChI=1S/C13H16Cl2N2O2S/c14-12-2-1-9(3-13(12)15)8-20(18,19)17-6-10-4-16-5-11(10)7-17/h1-3,10-11,16H,4-8H2/t10-,11+. The molecular formula is C13H16Cl2N2O2S. The van der Waals surface area contributed by atoms with Crippen molar-refractivity contribution < 1.29 is 8.42 Å². The fourth-order valence-electron chi connectivity index (χ4n) is 2.97. The number of sulfonamides is 1. The summed E-state index contributed by atoms with van der Waals surface area (Å²) in [5.41, 5.74) is 0.676. The zero-order valence-electron chi connectivity index (χ0n) is 10.9. The van der Waals surface area contributed by atoms with E-state index >= 15 is 0 Å². The van der Waals surface area contributed by atoms with Crippen molar-refractivity contribution in [3.8, 4) is 0 Å². The first-order chi connectivity index (χ1) is 9.45. The number of hydrogen-bond acceptors (Lipinski definition) is 3. The van der Waals surface area contributed by atoms with Gasteiger partial charge in [0.25, 0.3) is 0 Å². The molecule has 20 heavy (non-hydrogen) atoms. The molecule has 1 N–H and O–H groups in total. The number of nitrogens with zero attached hydrogens (tertiary/aromatic N) is 1. The van der Waals surface area contributed by atoms with Crippen LogP contribution in [-0.2, 0) is 15.8 Å². The zero-order valence-corrected chi connectivity index (χ0v) is 13.2. The third-order valence-corrected chi connectivity index (χ3v) is 6.60. The maximum absolute atomic E-state index is 12.5. The molecule has 0 saturated carbocycles. The molecule has 2 aliphatic heterocycles. The summed E-state index contributed by atoms with van der Waals surface area (Å²) in [4.78, 5) is 0. The Morgan fingerprint density at radius 1 is 1.15 bits per heavy atom. The van der Waals surface area contributed by atoms with Crippen LogP contribution in [0.2, 0.25) is 10.0 Å². The van der Waals surface area contributed by atoms with Crippen LogP contribution in [0.15, 0.2) is 18.2 Å². The molecule has 0 radical (unpaired) electrons. The van der Waals surface area contributed by atoms with E-state index in [1.807, 2.05) is 0 Å². The first kappa shape index (κ1) is 14.6. The van der Waals surface area contributed by atoms with Gasteiger partial charge in [-0.1, -0.05) is 29.3 Å². The predicted octanol–water partition coefficient (Wildman–Crippen LogP) is 1.97. The minimum absolute atomic E-state index is 0.0171. The molecule has 1 aromatic rings. The number of nitrogens with one attached hydrogen (secondary N) is 1. The molecule has 1 aromatic carbocycles. The highest BCUT2D eigenvalue weighted by molar-refractivity contribution is 7.88. The Kier molecular flexibility index (Phi) is 3.99. The molecule has 2 aliphatic rings. The molecule has 0 bridgehead atoms. The smallest absolute Gasteiger partial charge is 0.218 e. The molecular weight excluding hydrogens is 319 g/mol. The molecule has 110 valence electrons. The quantitative estimate of drug-likeness (QED) is 0.919.